The van der Waals surface area contributed by atoms with Gasteiger partial charge in [-0.15, -0.1) is 0 Å². The third-order valence-electron chi connectivity index (χ3n) is 6.11. The number of fused-ring (bicyclic) bond motifs is 1. The van der Waals surface area contributed by atoms with Gasteiger partial charge < -0.3 is 20.5 Å². The minimum Gasteiger partial charge on any atom is -0.486 e. The van der Waals surface area contributed by atoms with Crippen LogP contribution in [0.1, 0.15) is 30.4 Å². The van der Waals surface area contributed by atoms with Gasteiger partial charge in [-0.2, -0.15) is 0 Å². The smallest absolute Gasteiger partial charge is 0.242 e. The van der Waals surface area contributed by atoms with Gasteiger partial charge in [-0.05, 0) is 80.2 Å². The summed E-state index contributed by atoms with van der Waals surface area (Å²) in [6.45, 7) is 3.86. The maximum Gasteiger partial charge on any atom is 0.242 e. The van der Waals surface area contributed by atoms with Gasteiger partial charge >= 0.3 is 0 Å². The molecule has 1 atom stereocenters. The van der Waals surface area contributed by atoms with Crippen LogP contribution in [0.2, 0.25) is 0 Å². The fourth-order valence-corrected chi connectivity index (χ4v) is 4.36. The van der Waals surface area contributed by atoms with E-state index in [1.807, 2.05) is 30.3 Å². The number of rotatable bonds is 8. The molecule has 2 aliphatic heterocycles. The Hall–Kier alpha value is -2.64. The molecule has 0 bridgehead atoms. The van der Waals surface area contributed by atoms with Crippen LogP contribution < -0.4 is 25.8 Å². The van der Waals surface area contributed by atoms with E-state index in [1.165, 1.54) is 12.8 Å². The topological polar surface area (TPSA) is 98.5 Å². The number of piperidine rings is 1. The van der Waals surface area contributed by atoms with Crippen molar-refractivity contribution >= 4 is 5.91 Å². The van der Waals surface area contributed by atoms with Gasteiger partial charge in [-0.1, -0.05) is 6.07 Å². The zero-order valence-electron chi connectivity index (χ0n) is 17.2. The van der Waals surface area contributed by atoms with E-state index in [9.17, 15) is 4.79 Å². The van der Waals surface area contributed by atoms with Crippen molar-refractivity contribution in [3.8, 4) is 11.5 Å². The predicted molar refractivity (Wildman–Crippen MR) is 114 cm³/mol. The average molecular weight is 411 g/mol. The Morgan fingerprint density at radius 2 is 1.87 bits per heavy atom. The van der Waals surface area contributed by atoms with Crippen LogP contribution in [0, 0.1) is 5.92 Å². The van der Waals surface area contributed by atoms with Gasteiger partial charge in [0.05, 0.1) is 0 Å². The molecule has 3 heterocycles. The number of pyridine rings is 1. The van der Waals surface area contributed by atoms with Crippen molar-refractivity contribution in [3.05, 3.63) is 53.9 Å². The largest absolute Gasteiger partial charge is 0.486 e. The molecule has 7 heteroatoms. The zero-order valence-corrected chi connectivity index (χ0v) is 17.2. The lowest BCUT2D eigenvalue weighted by atomic mass is 9.82. The van der Waals surface area contributed by atoms with Gasteiger partial charge in [0, 0.05) is 18.8 Å². The van der Waals surface area contributed by atoms with Crippen molar-refractivity contribution in [2.75, 3.05) is 32.8 Å². The maximum atomic E-state index is 12.9. The van der Waals surface area contributed by atoms with Gasteiger partial charge in [0.15, 0.2) is 11.5 Å². The van der Waals surface area contributed by atoms with E-state index in [4.69, 9.17) is 15.2 Å². The molecule has 1 aromatic carbocycles. The predicted octanol–water partition coefficient (Wildman–Crippen LogP) is 1.76. The second-order valence-corrected chi connectivity index (χ2v) is 8.07. The first kappa shape index (κ1) is 20.6. The maximum absolute atomic E-state index is 12.9. The summed E-state index contributed by atoms with van der Waals surface area (Å²) in [5.41, 5.74) is 6.80. The Bertz CT molecular complexity index is 855. The van der Waals surface area contributed by atoms with E-state index >= 15 is 0 Å². The number of nitrogens with two attached hydrogens (primary N) is 1. The molecule has 1 saturated heterocycles. The van der Waals surface area contributed by atoms with Crippen LogP contribution >= 0.6 is 0 Å². The summed E-state index contributed by atoms with van der Waals surface area (Å²) in [7, 11) is 0. The number of ether oxygens (including phenoxy) is 2. The Morgan fingerprint density at radius 3 is 2.60 bits per heavy atom. The Kier molecular flexibility index (Phi) is 6.50. The number of hydrogen-bond donors (Lipinski definition) is 3. The van der Waals surface area contributed by atoms with E-state index in [0.717, 1.165) is 30.6 Å². The molecule has 2 aromatic rings. The molecule has 7 nitrogen and oxygen atoms in total. The number of benzene rings is 1. The SMILES string of the molecule is NC(=O)C(Cc1ccncc1)(NCCC1CCNCC1)c1ccc2c(c1)OCCO2. The zero-order chi connectivity index (χ0) is 20.8. The second-order valence-electron chi connectivity index (χ2n) is 8.07. The van der Waals surface area contributed by atoms with E-state index in [-0.39, 0.29) is 0 Å². The van der Waals surface area contributed by atoms with E-state index in [0.29, 0.717) is 43.6 Å². The van der Waals surface area contributed by atoms with Crippen molar-refractivity contribution in [2.45, 2.75) is 31.2 Å². The van der Waals surface area contributed by atoms with Crippen LogP contribution in [0.25, 0.3) is 0 Å². The molecular formula is C23H30N4O3. The highest BCUT2D eigenvalue weighted by atomic mass is 16.6. The lowest BCUT2D eigenvalue weighted by Crippen LogP contribution is -2.55. The van der Waals surface area contributed by atoms with Crippen LogP contribution in [0.3, 0.4) is 0 Å². The summed E-state index contributed by atoms with van der Waals surface area (Å²) in [6.07, 6.45) is 7.26. The Morgan fingerprint density at radius 1 is 1.13 bits per heavy atom. The van der Waals surface area contributed by atoms with Gasteiger partial charge in [0.2, 0.25) is 5.91 Å². The summed E-state index contributed by atoms with van der Waals surface area (Å²) in [5.74, 6) is 1.60. The minimum atomic E-state index is -1.04. The molecule has 1 aromatic heterocycles. The molecule has 1 unspecified atom stereocenters. The van der Waals surface area contributed by atoms with E-state index in [1.54, 1.807) is 12.4 Å². The third kappa shape index (κ3) is 4.57. The normalized spacial score (nSPS) is 18.5. The molecule has 0 aliphatic carbocycles. The van der Waals surface area contributed by atoms with Gasteiger partial charge in [-0.25, -0.2) is 0 Å². The number of amides is 1. The first-order chi connectivity index (χ1) is 14.7. The first-order valence-electron chi connectivity index (χ1n) is 10.7. The Labute approximate surface area is 177 Å². The average Bonchev–Trinajstić information content (AvgIpc) is 2.79. The number of primary amides is 1. The molecule has 30 heavy (non-hydrogen) atoms. The summed E-state index contributed by atoms with van der Waals surface area (Å²) < 4.78 is 11.4. The third-order valence-corrected chi connectivity index (χ3v) is 6.11. The van der Waals surface area contributed by atoms with E-state index < -0.39 is 11.4 Å². The van der Waals surface area contributed by atoms with Crippen LogP contribution in [0.4, 0.5) is 0 Å². The number of hydrogen-bond acceptors (Lipinski definition) is 6. The molecule has 1 fully saturated rings. The van der Waals surface area contributed by atoms with Crippen LogP contribution in [0.15, 0.2) is 42.7 Å². The standard InChI is InChI=1S/C23H30N4O3/c24-22(28)23(16-18-5-10-26-11-6-18,27-12-7-17-3-8-25-9-4-17)19-1-2-20-21(15-19)30-14-13-29-20/h1-2,5-6,10-11,15,17,25,27H,3-4,7-9,12-14,16H2,(H2,24,28). The quantitative estimate of drug-likeness (QED) is 0.613. The fraction of sp³-hybridized carbons (Fsp3) is 0.478. The van der Waals surface area contributed by atoms with Crippen molar-refractivity contribution in [1.82, 2.24) is 15.6 Å². The molecule has 2 aliphatic rings. The number of nitrogens with one attached hydrogen (secondary N) is 2. The number of carbonyl (C=O) groups is 1. The lowest BCUT2D eigenvalue weighted by Gasteiger charge is -2.34. The number of aromatic nitrogens is 1. The molecule has 1 amide bonds. The molecule has 4 rings (SSSR count). The van der Waals surface area contributed by atoms with Crippen LogP contribution in [-0.2, 0) is 16.8 Å². The van der Waals surface area contributed by atoms with Crippen molar-refractivity contribution < 1.29 is 14.3 Å². The minimum absolute atomic E-state index is 0.402. The number of carbonyl (C=O) groups excluding carboxylic acids is 1. The highest BCUT2D eigenvalue weighted by molar-refractivity contribution is 5.87. The summed E-state index contributed by atoms with van der Waals surface area (Å²) in [6, 6.07) is 9.51. The molecule has 4 N–H and O–H groups in total. The van der Waals surface area contributed by atoms with Gasteiger partial charge in [-0.3, -0.25) is 15.1 Å². The molecule has 0 saturated carbocycles. The monoisotopic (exact) mass is 410 g/mol. The lowest BCUT2D eigenvalue weighted by molar-refractivity contribution is -0.124. The van der Waals surface area contributed by atoms with Crippen molar-refractivity contribution in [2.24, 2.45) is 11.7 Å². The summed E-state index contributed by atoms with van der Waals surface area (Å²) in [5, 5.41) is 6.94. The molecule has 160 valence electrons. The second kappa shape index (κ2) is 9.45. The van der Waals surface area contributed by atoms with Crippen LogP contribution in [-0.4, -0.2) is 43.7 Å². The Balaban J connectivity index is 1.62. The van der Waals surface area contributed by atoms with Crippen molar-refractivity contribution in [3.63, 3.8) is 0 Å². The first-order valence-corrected chi connectivity index (χ1v) is 10.7. The van der Waals surface area contributed by atoms with Gasteiger partial charge in [0.25, 0.3) is 0 Å². The highest BCUT2D eigenvalue weighted by Crippen LogP contribution is 2.36. The molecule has 0 radical (unpaired) electrons. The van der Waals surface area contributed by atoms with E-state index in [2.05, 4.69) is 15.6 Å². The fourth-order valence-electron chi connectivity index (χ4n) is 4.36. The van der Waals surface area contributed by atoms with Crippen LogP contribution in [0.5, 0.6) is 11.5 Å². The molecule has 0 spiro atoms. The van der Waals surface area contributed by atoms with Gasteiger partial charge in [0.1, 0.15) is 18.8 Å². The molecular weight excluding hydrogens is 380 g/mol. The highest BCUT2D eigenvalue weighted by Gasteiger charge is 2.39. The number of nitrogens with zero attached hydrogens (tertiary/aromatic N) is 1. The summed E-state index contributed by atoms with van der Waals surface area (Å²) >= 11 is 0. The van der Waals surface area contributed by atoms with Crippen molar-refractivity contribution in [1.29, 1.82) is 0 Å². The summed E-state index contributed by atoms with van der Waals surface area (Å²) in [4.78, 5) is 17.0.